The van der Waals surface area contributed by atoms with E-state index in [1.165, 1.54) is 11.1 Å². The molecule has 0 amide bonds. The fourth-order valence-electron chi connectivity index (χ4n) is 2.26. The molecule has 0 spiro atoms. The minimum absolute atomic E-state index is 0.0914. The van der Waals surface area contributed by atoms with E-state index in [1.54, 1.807) is 0 Å². The zero-order valence-corrected chi connectivity index (χ0v) is 13.9. The zero-order chi connectivity index (χ0) is 15.6. The number of nitrogens with zero attached hydrogens (tertiary/aromatic N) is 2. The van der Waals surface area contributed by atoms with Gasteiger partial charge in [-0.05, 0) is 47.6 Å². The number of aryl methyl sites for hydroxylation is 3. The van der Waals surface area contributed by atoms with Crippen molar-refractivity contribution in [1.82, 2.24) is 15.3 Å². The van der Waals surface area contributed by atoms with Crippen molar-refractivity contribution >= 4 is 0 Å². The first-order chi connectivity index (χ1) is 9.76. The van der Waals surface area contributed by atoms with Crippen LogP contribution in [0.2, 0.25) is 0 Å². The summed E-state index contributed by atoms with van der Waals surface area (Å²) >= 11 is 0. The SMILES string of the molecule is Cc1cccc(-c2nc(C)c(CNC(C)(C)C)c(C)n2)c1. The topological polar surface area (TPSA) is 37.8 Å². The summed E-state index contributed by atoms with van der Waals surface area (Å²) in [4.78, 5) is 9.39. The van der Waals surface area contributed by atoms with E-state index < -0.39 is 0 Å². The molecule has 0 saturated heterocycles. The molecule has 21 heavy (non-hydrogen) atoms. The molecule has 0 unspecified atom stereocenters. The Kier molecular flexibility index (Phi) is 4.43. The van der Waals surface area contributed by atoms with Gasteiger partial charge in [0.05, 0.1) is 0 Å². The first kappa shape index (κ1) is 15.6. The van der Waals surface area contributed by atoms with Crippen molar-refractivity contribution in [3.63, 3.8) is 0 Å². The Labute approximate surface area is 127 Å². The molecule has 0 aliphatic carbocycles. The molecular weight excluding hydrogens is 258 g/mol. The van der Waals surface area contributed by atoms with Crippen molar-refractivity contribution in [3.8, 4) is 11.4 Å². The van der Waals surface area contributed by atoms with Gasteiger partial charge in [-0.25, -0.2) is 9.97 Å². The lowest BCUT2D eigenvalue weighted by atomic mass is 10.1. The predicted molar refractivity (Wildman–Crippen MR) is 88.3 cm³/mol. The summed E-state index contributed by atoms with van der Waals surface area (Å²) in [6.45, 7) is 13.5. The monoisotopic (exact) mass is 283 g/mol. The highest BCUT2D eigenvalue weighted by Crippen LogP contribution is 2.20. The van der Waals surface area contributed by atoms with E-state index in [4.69, 9.17) is 9.97 Å². The lowest BCUT2D eigenvalue weighted by Gasteiger charge is -2.22. The Balaban J connectivity index is 2.33. The van der Waals surface area contributed by atoms with E-state index in [2.05, 4.69) is 65.1 Å². The molecule has 1 aromatic carbocycles. The maximum Gasteiger partial charge on any atom is 0.159 e. The van der Waals surface area contributed by atoms with Gasteiger partial charge >= 0.3 is 0 Å². The van der Waals surface area contributed by atoms with Gasteiger partial charge in [0.15, 0.2) is 5.82 Å². The Morgan fingerprint density at radius 3 is 2.14 bits per heavy atom. The van der Waals surface area contributed by atoms with Gasteiger partial charge in [0, 0.05) is 34.6 Å². The molecule has 3 nitrogen and oxygen atoms in total. The summed E-state index contributed by atoms with van der Waals surface area (Å²) < 4.78 is 0. The molecule has 2 rings (SSSR count). The van der Waals surface area contributed by atoms with E-state index in [-0.39, 0.29) is 5.54 Å². The first-order valence-corrected chi connectivity index (χ1v) is 7.42. The molecule has 1 heterocycles. The molecule has 0 aliphatic heterocycles. The molecule has 3 heteroatoms. The second-order valence-electron chi connectivity index (χ2n) is 6.67. The Morgan fingerprint density at radius 2 is 1.62 bits per heavy atom. The lowest BCUT2D eigenvalue weighted by Crippen LogP contribution is -2.35. The fourth-order valence-corrected chi connectivity index (χ4v) is 2.26. The van der Waals surface area contributed by atoms with Crippen LogP contribution in [0.1, 0.15) is 43.3 Å². The van der Waals surface area contributed by atoms with Crippen molar-refractivity contribution in [1.29, 1.82) is 0 Å². The number of hydrogen-bond donors (Lipinski definition) is 1. The van der Waals surface area contributed by atoms with Gasteiger partial charge in [-0.1, -0.05) is 23.8 Å². The molecule has 2 aromatic rings. The van der Waals surface area contributed by atoms with Crippen molar-refractivity contribution in [3.05, 3.63) is 46.8 Å². The van der Waals surface area contributed by atoms with Crippen LogP contribution in [0, 0.1) is 20.8 Å². The standard InChI is InChI=1S/C18H25N3/c1-12-8-7-9-15(10-12)17-20-13(2)16(14(3)21-17)11-19-18(4,5)6/h7-10,19H,11H2,1-6H3. The van der Waals surface area contributed by atoms with Crippen molar-refractivity contribution in [2.24, 2.45) is 0 Å². The van der Waals surface area contributed by atoms with Gasteiger partial charge in [-0.2, -0.15) is 0 Å². The molecule has 1 aromatic heterocycles. The fraction of sp³-hybridized carbons (Fsp3) is 0.444. The minimum atomic E-state index is 0.0914. The Bertz CT molecular complexity index is 616. The quantitative estimate of drug-likeness (QED) is 0.926. The number of benzene rings is 1. The van der Waals surface area contributed by atoms with Crippen LogP contribution in [0.25, 0.3) is 11.4 Å². The molecule has 0 saturated carbocycles. The molecule has 0 fully saturated rings. The van der Waals surface area contributed by atoms with Crippen LogP contribution in [-0.2, 0) is 6.54 Å². The van der Waals surface area contributed by atoms with Crippen LogP contribution in [-0.4, -0.2) is 15.5 Å². The molecule has 0 atom stereocenters. The van der Waals surface area contributed by atoms with E-state index in [1.807, 2.05) is 6.07 Å². The minimum Gasteiger partial charge on any atom is -0.308 e. The predicted octanol–water partition coefficient (Wildman–Crippen LogP) is 3.96. The third-order valence-corrected chi connectivity index (χ3v) is 3.49. The molecule has 112 valence electrons. The summed E-state index contributed by atoms with van der Waals surface area (Å²) in [5.74, 6) is 0.813. The van der Waals surface area contributed by atoms with Crippen LogP contribution in [0.5, 0.6) is 0 Å². The maximum atomic E-state index is 4.69. The highest BCUT2D eigenvalue weighted by Gasteiger charge is 2.13. The van der Waals surface area contributed by atoms with Crippen LogP contribution < -0.4 is 5.32 Å². The number of nitrogens with one attached hydrogen (secondary N) is 1. The summed E-state index contributed by atoms with van der Waals surface area (Å²) in [7, 11) is 0. The third kappa shape index (κ3) is 4.11. The smallest absolute Gasteiger partial charge is 0.159 e. The molecule has 0 radical (unpaired) electrons. The molecule has 1 N–H and O–H groups in total. The molecule has 0 aliphatic rings. The molecule has 0 bridgehead atoms. The summed E-state index contributed by atoms with van der Waals surface area (Å²) in [5.41, 5.74) is 5.70. The van der Waals surface area contributed by atoms with Crippen molar-refractivity contribution < 1.29 is 0 Å². The second kappa shape index (κ2) is 5.94. The Morgan fingerprint density at radius 1 is 1.00 bits per heavy atom. The van der Waals surface area contributed by atoms with Crippen molar-refractivity contribution in [2.75, 3.05) is 0 Å². The van der Waals surface area contributed by atoms with E-state index in [0.717, 1.165) is 29.3 Å². The van der Waals surface area contributed by atoms with E-state index in [0.29, 0.717) is 0 Å². The second-order valence-corrected chi connectivity index (χ2v) is 6.67. The summed E-state index contributed by atoms with van der Waals surface area (Å²) in [5, 5.41) is 3.51. The number of rotatable bonds is 3. The lowest BCUT2D eigenvalue weighted by molar-refractivity contribution is 0.422. The number of hydrogen-bond acceptors (Lipinski definition) is 3. The van der Waals surface area contributed by atoms with Crippen LogP contribution >= 0.6 is 0 Å². The average molecular weight is 283 g/mol. The molecular formula is C18H25N3. The number of aromatic nitrogens is 2. The van der Waals surface area contributed by atoms with Crippen molar-refractivity contribution in [2.45, 2.75) is 53.6 Å². The summed E-state index contributed by atoms with van der Waals surface area (Å²) in [6.07, 6.45) is 0. The van der Waals surface area contributed by atoms with E-state index in [9.17, 15) is 0 Å². The van der Waals surface area contributed by atoms with Gasteiger partial charge in [0.2, 0.25) is 0 Å². The van der Waals surface area contributed by atoms with Crippen LogP contribution in [0.15, 0.2) is 24.3 Å². The van der Waals surface area contributed by atoms with E-state index >= 15 is 0 Å². The highest BCUT2D eigenvalue weighted by atomic mass is 15.0. The summed E-state index contributed by atoms with van der Waals surface area (Å²) in [6, 6.07) is 8.33. The van der Waals surface area contributed by atoms with Crippen LogP contribution in [0.4, 0.5) is 0 Å². The third-order valence-electron chi connectivity index (χ3n) is 3.49. The van der Waals surface area contributed by atoms with Gasteiger partial charge < -0.3 is 5.32 Å². The van der Waals surface area contributed by atoms with Gasteiger partial charge in [-0.3, -0.25) is 0 Å². The Hall–Kier alpha value is -1.74. The first-order valence-electron chi connectivity index (χ1n) is 7.42. The normalized spacial score (nSPS) is 11.7. The van der Waals surface area contributed by atoms with Gasteiger partial charge in [-0.15, -0.1) is 0 Å². The average Bonchev–Trinajstić information content (AvgIpc) is 2.36. The van der Waals surface area contributed by atoms with Gasteiger partial charge in [0.1, 0.15) is 0 Å². The highest BCUT2D eigenvalue weighted by molar-refractivity contribution is 5.56. The largest absolute Gasteiger partial charge is 0.308 e. The zero-order valence-electron chi connectivity index (χ0n) is 13.9. The van der Waals surface area contributed by atoms with Gasteiger partial charge in [0.25, 0.3) is 0 Å². The van der Waals surface area contributed by atoms with Crippen LogP contribution in [0.3, 0.4) is 0 Å². The maximum absolute atomic E-state index is 4.69.